The van der Waals surface area contributed by atoms with Crippen molar-refractivity contribution < 1.29 is 24.4 Å². The number of hydrogen-bond donors (Lipinski definition) is 3. The number of aliphatic hydroxyl groups is 2. The summed E-state index contributed by atoms with van der Waals surface area (Å²) in [5, 5.41) is 19.3. The van der Waals surface area contributed by atoms with Crippen molar-refractivity contribution in [3.05, 3.63) is 0 Å². The van der Waals surface area contributed by atoms with E-state index >= 15 is 0 Å². The lowest BCUT2D eigenvalue weighted by molar-refractivity contribution is -0.290. The van der Waals surface area contributed by atoms with Gasteiger partial charge in [0.15, 0.2) is 6.29 Å². The monoisotopic (exact) mass is 224 g/mol. The number of methoxy groups -OCH3 is 2. The highest BCUT2D eigenvalue weighted by atomic mass is 32.1. The molecule has 0 spiro atoms. The van der Waals surface area contributed by atoms with Crippen LogP contribution in [0.1, 0.15) is 0 Å². The van der Waals surface area contributed by atoms with Crippen LogP contribution >= 0.6 is 12.6 Å². The van der Waals surface area contributed by atoms with Crippen LogP contribution in [0.4, 0.5) is 0 Å². The van der Waals surface area contributed by atoms with Crippen molar-refractivity contribution in [2.75, 3.05) is 20.0 Å². The van der Waals surface area contributed by atoms with Gasteiger partial charge >= 0.3 is 0 Å². The first kappa shape index (κ1) is 12.2. The Bertz CT molecular complexity index is 177. The second-order valence-corrected chi connectivity index (χ2v) is 3.51. The van der Waals surface area contributed by atoms with Crippen LogP contribution in [0.15, 0.2) is 0 Å². The third kappa shape index (κ3) is 2.21. The van der Waals surface area contributed by atoms with Crippen LogP contribution in [-0.2, 0) is 14.2 Å². The van der Waals surface area contributed by atoms with Gasteiger partial charge in [0, 0.05) is 20.0 Å². The van der Waals surface area contributed by atoms with Crippen LogP contribution in [0, 0.1) is 0 Å². The maximum atomic E-state index is 9.67. The lowest BCUT2D eigenvalue weighted by Gasteiger charge is -2.40. The third-order valence-corrected chi connectivity index (χ3v) is 2.69. The maximum absolute atomic E-state index is 9.67. The van der Waals surface area contributed by atoms with Gasteiger partial charge in [0.2, 0.25) is 0 Å². The summed E-state index contributed by atoms with van der Waals surface area (Å²) in [4.78, 5) is 0. The largest absolute Gasteiger partial charge is 0.388 e. The van der Waals surface area contributed by atoms with Gasteiger partial charge in [-0.15, -0.1) is 0 Å². The fourth-order valence-electron chi connectivity index (χ4n) is 1.50. The summed E-state index contributed by atoms with van der Waals surface area (Å²) in [6, 6.07) is 0. The molecule has 0 bridgehead atoms. The van der Waals surface area contributed by atoms with Gasteiger partial charge < -0.3 is 24.4 Å². The minimum atomic E-state index is -1.02. The number of aliphatic hydroxyl groups excluding tert-OH is 2. The summed E-state index contributed by atoms with van der Waals surface area (Å²) in [5.41, 5.74) is 0. The van der Waals surface area contributed by atoms with Crippen molar-refractivity contribution in [3.63, 3.8) is 0 Å². The Balaban J connectivity index is 2.71. The van der Waals surface area contributed by atoms with Crippen LogP contribution < -0.4 is 0 Å². The van der Waals surface area contributed by atoms with Crippen LogP contribution in [0.2, 0.25) is 0 Å². The zero-order valence-corrected chi connectivity index (χ0v) is 9.05. The summed E-state index contributed by atoms with van der Waals surface area (Å²) in [6.45, 7) is 0. The Morgan fingerprint density at radius 1 is 1.21 bits per heavy atom. The normalized spacial score (nSPS) is 43.9. The minimum Gasteiger partial charge on any atom is -0.388 e. The van der Waals surface area contributed by atoms with Gasteiger partial charge in [0.25, 0.3) is 0 Å². The second kappa shape index (κ2) is 5.29. The van der Waals surface area contributed by atoms with E-state index in [1.54, 1.807) is 0 Å². The summed E-state index contributed by atoms with van der Waals surface area (Å²) in [5.74, 6) is 0.314. The van der Waals surface area contributed by atoms with Gasteiger partial charge in [-0.25, -0.2) is 0 Å². The van der Waals surface area contributed by atoms with Gasteiger partial charge in [-0.1, -0.05) is 0 Å². The molecule has 0 radical (unpaired) electrons. The van der Waals surface area contributed by atoms with Crippen molar-refractivity contribution in [1.29, 1.82) is 0 Å². The van der Waals surface area contributed by atoms with E-state index in [2.05, 4.69) is 12.6 Å². The molecule has 1 aliphatic rings. The van der Waals surface area contributed by atoms with Crippen LogP contribution in [0.25, 0.3) is 0 Å². The molecule has 6 heteroatoms. The van der Waals surface area contributed by atoms with Crippen molar-refractivity contribution in [2.45, 2.75) is 30.7 Å². The Kier molecular flexibility index (Phi) is 4.62. The molecule has 1 heterocycles. The molecular weight excluding hydrogens is 208 g/mol. The quantitative estimate of drug-likeness (QED) is 0.538. The summed E-state index contributed by atoms with van der Waals surface area (Å²) in [6.07, 6.45) is -3.90. The maximum Gasteiger partial charge on any atom is 0.186 e. The minimum absolute atomic E-state index is 0.314. The third-order valence-electron chi connectivity index (χ3n) is 2.33. The topological polar surface area (TPSA) is 68.2 Å². The lowest BCUT2D eigenvalue weighted by Crippen LogP contribution is -2.59. The zero-order valence-electron chi connectivity index (χ0n) is 8.16. The lowest BCUT2D eigenvalue weighted by atomic mass is 10.00. The van der Waals surface area contributed by atoms with E-state index < -0.39 is 30.7 Å². The average Bonchev–Trinajstić information content (AvgIpc) is 2.21. The highest BCUT2D eigenvalue weighted by Gasteiger charge is 2.44. The highest BCUT2D eigenvalue weighted by Crippen LogP contribution is 2.24. The molecule has 2 N–H and O–H groups in total. The van der Waals surface area contributed by atoms with E-state index in [4.69, 9.17) is 14.2 Å². The van der Waals surface area contributed by atoms with Gasteiger partial charge in [0.05, 0.1) is 6.10 Å². The average molecular weight is 224 g/mol. The van der Waals surface area contributed by atoms with E-state index in [1.807, 2.05) is 0 Å². The zero-order chi connectivity index (χ0) is 10.7. The molecule has 0 saturated carbocycles. The highest BCUT2D eigenvalue weighted by molar-refractivity contribution is 7.80. The molecule has 1 fully saturated rings. The van der Waals surface area contributed by atoms with Crippen molar-refractivity contribution >= 4 is 12.6 Å². The molecule has 1 rings (SSSR count). The molecule has 5 atom stereocenters. The fourth-order valence-corrected chi connectivity index (χ4v) is 1.80. The first-order chi connectivity index (χ1) is 6.65. The van der Waals surface area contributed by atoms with Crippen molar-refractivity contribution in [3.8, 4) is 0 Å². The summed E-state index contributed by atoms with van der Waals surface area (Å²) >= 11 is 4.01. The molecule has 84 valence electrons. The van der Waals surface area contributed by atoms with E-state index in [-0.39, 0.29) is 0 Å². The molecule has 0 aromatic carbocycles. The van der Waals surface area contributed by atoms with Crippen LogP contribution in [0.3, 0.4) is 0 Å². The smallest absolute Gasteiger partial charge is 0.186 e. The van der Waals surface area contributed by atoms with E-state index in [9.17, 15) is 10.2 Å². The Morgan fingerprint density at radius 2 is 1.86 bits per heavy atom. The number of thiol groups is 1. The SMILES string of the molecule is COC1OC(CS)C(O)C(O)C1OC. The second-order valence-electron chi connectivity index (χ2n) is 3.14. The molecule has 5 nitrogen and oxygen atoms in total. The van der Waals surface area contributed by atoms with E-state index in [1.165, 1.54) is 14.2 Å². The van der Waals surface area contributed by atoms with Gasteiger partial charge in [-0.05, 0) is 0 Å². The predicted molar refractivity (Wildman–Crippen MR) is 52.3 cm³/mol. The Labute approximate surface area is 88.4 Å². The fraction of sp³-hybridized carbons (Fsp3) is 1.00. The Morgan fingerprint density at radius 3 is 2.29 bits per heavy atom. The van der Waals surface area contributed by atoms with Gasteiger partial charge in [-0.2, -0.15) is 12.6 Å². The standard InChI is InChI=1S/C8H16O5S/c1-11-7-6(10)5(9)4(3-14)13-8(7)12-2/h4-10,14H,3H2,1-2H3. The van der Waals surface area contributed by atoms with Gasteiger partial charge in [0.1, 0.15) is 18.3 Å². The van der Waals surface area contributed by atoms with E-state index in [0.29, 0.717) is 5.75 Å². The van der Waals surface area contributed by atoms with Crippen LogP contribution in [-0.4, -0.2) is 60.9 Å². The molecule has 1 aliphatic heterocycles. The number of ether oxygens (including phenoxy) is 3. The number of hydrogen-bond acceptors (Lipinski definition) is 6. The number of rotatable bonds is 3. The molecule has 1 saturated heterocycles. The van der Waals surface area contributed by atoms with E-state index in [0.717, 1.165) is 0 Å². The molecule has 0 aromatic heterocycles. The molecular formula is C8H16O5S. The molecule has 0 aromatic rings. The first-order valence-corrected chi connectivity index (χ1v) is 4.97. The van der Waals surface area contributed by atoms with Crippen molar-refractivity contribution in [1.82, 2.24) is 0 Å². The predicted octanol–water partition coefficient (Wildman–Crippen LogP) is -0.976. The summed E-state index contributed by atoms with van der Waals surface area (Å²) in [7, 11) is 2.88. The van der Waals surface area contributed by atoms with Crippen LogP contribution in [0.5, 0.6) is 0 Å². The first-order valence-electron chi connectivity index (χ1n) is 4.33. The molecule has 0 amide bonds. The molecule has 0 aliphatic carbocycles. The summed E-state index contributed by atoms with van der Waals surface area (Å²) < 4.78 is 15.3. The molecule has 14 heavy (non-hydrogen) atoms. The Hall–Kier alpha value is 0.150. The van der Waals surface area contributed by atoms with Gasteiger partial charge in [-0.3, -0.25) is 0 Å². The molecule has 5 unspecified atom stereocenters. The van der Waals surface area contributed by atoms with Crippen molar-refractivity contribution in [2.24, 2.45) is 0 Å².